The number of carbonyl (C=O) groups is 2. The van der Waals surface area contributed by atoms with Crippen molar-refractivity contribution in [2.45, 2.75) is 19.1 Å². The van der Waals surface area contributed by atoms with Gasteiger partial charge in [0.1, 0.15) is 36.6 Å². The molecule has 1 N–H and O–H groups in total. The Morgan fingerprint density at radius 2 is 1.59 bits per heavy atom. The van der Waals surface area contributed by atoms with Crippen molar-refractivity contribution in [3.8, 4) is 17.2 Å². The zero-order valence-electron chi connectivity index (χ0n) is 23.0. The maximum atomic E-state index is 13.1. The van der Waals surface area contributed by atoms with Crippen LogP contribution < -0.4 is 24.4 Å². The molecule has 0 saturated carbocycles. The lowest BCUT2D eigenvalue weighted by molar-refractivity contribution is -0.139. The summed E-state index contributed by atoms with van der Waals surface area (Å²) in [6.07, 6.45) is -0.0355. The number of anilines is 2. The average Bonchev–Trinajstić information content (AvgIpc) is 2.99. The molecule has 210 valence electrons. The van der Waals surface area contributed by atoms with Gasteiger partial charge in [0.2, 0.25) is 0 Å². The van der Waals surface area contributed by atoms with E-state index in [2.05, 4.69) is 10.2 Å². The molecule has 0 aromatic heterocycles. The summed E-state index contributed by atoms with van der Waals surface area (Å²) >= 11 is 0. The summed E-state index contributed by atoms with van der Waals surface area (Å²) in [6, 6.07) is 29.8. The molecule has 8 nitrogen and oxygen atoms in total. The predicted octanol–water partition coefficient (Wildman–Crippen LogP) is 5.51. The summed E-state index contributed by atoms with van der Waals surface area (Å²) in [7, 11) is 3.38. The minimum Gasteiger partial charge on any atom is -0.490 e. The van der Waals surface area contributed by atoms with Crippen molar-refractivity contribution in [3.05, 3.63) is 114 Å². The zero-order chi connectivity index (χ0) is 28.6. The average molecular weight is 553 g/mol. The maximum Gasteiger partial charge on any atom is 0.309 e. The van der Waals surface area contributed by atoms with Gasteiger partial charge >= 0.3 is 5.97 Å². The molecule has 1 amide bonds. The third kappa shape index (κ3) is 7.36. The first-order valence-corrected chi connectivity index (χ1v) is 13.4. The van der Waals surface area contributed by atoms with Gasteiger partial charge in [0.15, 0.2) is 0 Å². The number of benzene rings is 4. The number of ether oxygens (including phenoxy) is 4. The number of methoxy groups -OCH3 is 1. The number of likely N-dealkylation sites (N-methyl/N-ethyl adjacent to an activating group) is 1. The molecule has 1 heterocycles. The fraction of sp³-hybridized carbons (Fsp3) is 0.212. The van der Waals surface area contributed by atoms with Crippen molar-refractivity contribution in [2.75, 3.05) is 37.5 Å². The monoisotopic (exact) mass is 552 g/mol. The van der Waals surface area contributed by atoms with Gasteiger partial charge in [-0.2, -0.15) is 0 Å². The SMILES string of the molecule is COC(=O)Cc1cc(COc2ccccc2)cc(NC(=O)c2ccc(OC[C@@H]3CN(C)c4ccccc4O3)cc2)c1. The first-order valence-electron chi connectivity index (χ1n) is 13.4. The maximum absolute atomic E-state index is 13.1. The summed E-state index contributed by atoms with van der Waals surface area (Å²) < 4.78 is 22.7. The number of rotatable bonds is 10. The third-order valence-corrected chi connectivity index (χ3v) is 6.64. The van der Waals surface area contributed by atoms with Crippen molar-refractivity contribution in [2.24, 2.45) is 0 Å². The molecular weight excluding hydrogens is 520 g/mol. The Bertz CT molecular complexity index is 1490. The third-order valence-electron chi connectivity index (χ3n) is 6.64. The van der Waals surface area contributed by atoms with Gasteiger partial charge in [-0.3, -0.25) is 9.59 Å². The van der Waals surface area contributed by atoms with Gasteiger partial charge in [0.05, 0.1) is 25.8 Å². The van der Waals surface area contributed by atoms with Crippen molar-refractivity contribution in [3.63, 3.8) is 0 Å². The van der Waals surface area contributed by atoms with E-state index >= 15 is 0 Å². The molecule has 0 aliphatic carbocycles. The van der Waals surface area contributed by atoms with Crippen LogP contribution in [0.4, 0.5) is 11.4 Å². The van der Waals surface area contributed by atoms with E-state index in [4.69, 9.17) is 18.9 Å². The summed E-state index contributed by atoms with van der Waals surface area (Å²) in [5, 5.41) is 2.93. The van der Waals surface area contributed by atoms with E-state index in [1.54, 1.807) is 30.3 Å². The van der Waals surface area contributed by atoms with Gasteiger partial charge < -0.3 is 29.2 Å². The molecule has 0 bridgehead atoms. The van der Waals surface area contributed by atoms with Crippen LogP contribution in [0.25, 0.3) is 0 Å². The number of hydrogen-bond donors (Lipinski definition) is 1. The van der Waals surface area contributed by atoms with Crippen LogP contribution in [0.3, 0.4) is 0 Å². The number of fused-ring (bicyclic) bond motifs is 1. The second-order valence-electron chi connectivity index (χ2n) is 9.77. The van der Waals surface area contributed by atoms with Gasteiger partial charge in [-0.25, -0.2) is 0 Å². The molecule has 4 aromatic rings. The van der Waals surface area contributed by atoms with Gasteiger partial charge in [-0.05, 0) is 71.8 Å². The minimum absolute atomic E-state index is 0.0800. The van der Waals surface area contributed by atoms with E-state index in [-0.39, 0.29) is 31.0 Å². The topological polar surface area (TPSA) is 86.3 Å². The second-order valence-corrected chi connectivity index (χ2v) is 9.77. The van der Waals surface area contributed by atoms with Gasteiger partial charge in [-0.1, -0.05) is 36.4 Å². The molecule has 0 radical (unpaired) electrons. The lowest BCUT2D eigenvalue weighted by atomic mass is 10.1. The number of nitrogens with one attached hydrogen (secondary N) is 1. The van der Waals surface area contributed by atoms with E-state index in [0.717, 1.165) is 22.7 Å². The van der Waals surface area contributed by atoms with Crippen molar-refractivity contribution in [1.29, 1.82) is 0 Å². The molecular formula is C33H32N2O6. The number of carbonyl (C=O) groups excluding carboxylic acids is 2. The summed E-state index contributed by atoms with van der Waals surface area (Å²) in [4.78, 5) is 27.1. The standard InChI is InChI=1S/C33H32N2O6/c1-35-20-29(41-31-11-7-6-10-30(31)35)22-40-28-14-12-25(13-15-28)33(37)34-26-17-23(19-32(36)38-2)16-24(18-26)21-39-27-8-4-3-5-9-27/h3-18,29H,19-22H2,1-2H3,(H,34,37)/t29-/m0/s1. The Hall–Kier alpha value is -4.98. The highest BCUT2D eigenvalue weighted by atomic mass is 16.5. The molecule has 1 atom stereocenters. The molecule has 0 unspecified atom stereocenters. The number of amides is 1. The fourth-order valence-electron chi connectivity index (χ4n) is 4.62. The zero-order valence-corrected chi connectivity index (χ0v) is 23.0. The van der Waals surface area contributed by atoms with Crippen molar-refractivity contribution < 1.29 is 28.5 Å². The Morgan fingerprint density at radius 1 is 0.878 bits per heavy atom. The van der Waals surface area contributed by atoms with Crippen LogP contribution in [0.1, 0.15) is 21.5 Å². The lowest BCUT2D eigenvalue weighted by Crippen LogP contribution is -2.41. The molecule has 0 saturated heterocycles. The van der Waals surface area contributed by atoms with Crippen molar-refractivity contribution >= 4 is 23.3 Å². The Kier molecular flexibility index (Phi) is 8.69. The van der Waals surface area contributed by atoms with E-state index in [1.807, 2.05) is 73.8 Å². The summed E-state index contributed by atoms with van der Waals surface area (Å²) in [6.45, 7) is 1.37. The first-order chi connectivity index (χ1) is 20.0. The Balaban J connectivity index is 1.21. The first kappa shape index (κ1) is 27.6. The minimum atomic E-state index is -0.367. The Labute approximate surface area is 239 Å². The van der Waals surface area contributed by atoms with Gasteiger partial charge in [0.25, 0.3) is 5.91 Å². The molecule has 5 rings (SSSR count). The molecule has 4 aromatic carbocycles. The number of hydrogen-bond acceptors (Lipinski definition) is 7. The molecule has 1 aliphatic rings. The molecule has 41 heavy (non-hydrogen) atoms. The van der Waals surface area contributed by atoms with Crippen molar-refractivity contribution in [1.82, 2.24) is 0 Å². The van der Waals surface area contributed by atoms with Crippen LogP contribution in [-0.4, -0.2) is 45.3 Å². The van der Waals surface area contributed by atoms with Crippen LogP contribution in [0.15, 0.2) is 97.1 Å². The van der Waals surface area contributed by atoms with Crippen LogP contribution in [0, 0.1) is 0 Å². The van der Waals surface area contributed by atoms with Crippen LogP contribution >= 0.6 is 0 Å². The largest absolute Gasteiger partial charge is 0.490 e. The van der Waals surface area contributed by atoms with E-state index in [0.29, 0.717) is 35.7 Å². The molecule has 1 aliphatic heterocycles. The number of para-hydroxylation sites is 3. The van der Waals surface area contributed by atoms with E-state index in [9.17, 15) is 9.59 Å². The number of nitrogens with zero attached hydrogens (tertiary/aromatic N) is 1. The highest BCUT2D eigenvalue weighted by Gasteiger charge is 2.23. The highest BCUT2D eigenvalue weighted by molar-refractivity contribution is 6.04. The van der Waals surface area contributed by atoms with Crippen LogP contribution in [0.2, 0.25) is 0 Å². The van der Waals surface area contributed by atoms with E-state index in [1.165, 1.54) is 7.11 Å². The summed E-state index contributed by atoms with van der Waals surface area (Å²) in [5.74, 6) is 1.56. The van der Waals surface area contributed by atoms with Gasteiger partial charge in [0, 0.05) is 18.3 Å². The molecule has 0 spiro atoms. The quantitative estimate of drug-likeness (QED) is 0.260. The van der Waals surface area contributed by atoms with Crippen LogP contribution in [0.5, 0.6) is 17.2 Å². The predicted molar refractivity (Wildman–Crippen MR) is 157 cm³/mol. The second kappa shape index (κ2) is 12.9. The van der Waals surface area contributed by atoms with E-state index < -0.39 is 0 Å². The highest BCUT2D eigenvalue weighted by Crippen LogP contribution is 2.32. The normalized spacial score (nSPS) is 13.9. The summed E-state index contributed by atoms with van der Waals surface area (Å²) in [5.41, 5.74) is 3.61. The molecule has 0 fully saturated rings. The van der Waals surface area contributed by atoms with Crippen LogP contribution in [-0.2, 0) is 22.6 Å². The number of esters is 1. The fourth-order valence-corrected chi connectivity index (χ4v) is 4.62. The lowest BCUT2D eigenvalue weighted by Gasteiger charge is -2.33. The molecule has 8 heteroatoms. The Morgan fingerprint density at radius 3 is 2.37 bits per heavy atom. The van der Waals surface area contributed by atoms with Gasteiger partial charge in [-0.15, -0.1) is 0 Å². The smallest absolute Gasteiger partial charge is 0.309 e.